The first kappa shape index (κ1) is 9.86. The van der Waals surface area contributed by atoms with Crippen molar-refractivity contribution in [1.29, 1.82) is 0 Å². The molecule has 3 aliphatic rings. The van der Waals surface area contributed by atoms with Gasteiger partial charge in [0, 0.05) is 17.8 Å². The van der Waals surface area contributed by atoms with Gasteiger partial charge in [-0.3, -0.25) is 0 Å². The van der Waals surface area contributed by atoms with E-state index in [1.807, 2.05) is 18.2 Å². The summed E-state index contributed by atoms with van der Waals surface area (Å²) < 4.78 is 22.9. The highest BCUT2D eigenvalue weighted by molar-refractivity contribution is 7.90. The van der Waals surface area contributed by atoms with E-state index >= 15 is 0 Å². The van der Waals surface area contributed by atoms with Gasteiger partial charge in [-0.2, -0.15) is 0 Å². The molecule has 1 aliphatic heterocycles. The third-order valence-corrected chi connectivity index (χ3v) is 4.48. The molecule has 84 valence electrons. The summed E-state index contributed by atoms with van der Waals surface area (Å²) in [6.07, 6.45) is 8.73. The number of rotatable bonds is 1. The van der Waals surface area contributed by atoms with Crippen LogP contribution in [0.4, 0.5) is 0 Å². The zero-order valence-corrected chi connectivity index (χ0v) is 9.42. The molecule has 0 aromatic heterocycles. The topological polar surface area (TPSA) is 72.2 Å². The summed E-state index contributed by atoms with van der Waals surface area (Å²) in [6.45, 7) is 0.391. The highest BCUT2D eigenvalue weighted by Gasteiger charge is 2.36. The number of sulfonamides is 1. The van der Waals surface area contributed by atoms with Gasteiger partial charge in [-0.25, -0.2) is 13.6 Å². The van der Waals surface area contributed by atoms with Crippen molar-refractivity contribution >= 4 is 10.0 Å². The van der Waals surface area contributed by atoms with Crippen molar-refractivity contribution < 1.29 is 8.42 Å². The second kappa shape index (κ2) is 3.09. The summed E-state index contributed by atoms with van der Waals surface area (Å²) in [6, 6.07) is 0. The van der Waals surface area contributed by atoms with E-state index < -0.39 is 15.3 Å². The molecule has 0 saturated heterocycles. The lowest BCUT2D eigenvalue weighted by Gasteiger charge is -2.16. The van der Waals surface area contributed by atoms with Crippen LogP contribution in [0, 0.1) is 0 Å². The van der Waals surface area contributed by atoms with E-state index in [1.54, 1.807) is 0 Å². The minimum atomic E-state index is -3.50. The minimum absolute atomic E-state index is 0.391. The zero-order chi connectivity index (χ0) is 11.3. The Hall–Kier alpha value is -1.33. The molecule has 0 fully saturated rings. The molecular formula is C11H12N2O2S. The number of primary sulfonamides is 1. The Kier molecular flexibility index (Phi) is 1.90. The molecule has 4 nitrogen and oxygen atoms in total. The molecule has 0 aromatic carbocycles. The van der Waals surface area contributed by atoms with Crippen LogP contribution in [0.15, 0.2) is 46.7 Å². The third kappa shape index (κ3) is 1.28. The van der Waals surface area contributed by atoms with Crippen LogP contribution in [-0.2, 0) is 10.0 Å². The van der Waals surface area contributed by atoms with Crippen LogP contribution in [0.5, 0.6) is 0 Å². The molecule has 0 radical (unpaired) electrons. The van der Waals surface area contributed by atoms with Gasteiger partial charge in [0.25, 0.3) is 0 Å². The first-order valence-electron chi connectivity index (χ1n) is 5.15. The Balaban J connectivity index is 2.06. The number of hydrogen-bond acceptors (Lipinski definition) is 3. The van der Waals surface area contributed by atoms with Gasteiger partial charge in [0.15, 0.2) is 0 Å². The Morgan fingerprint density at radius 1 is 1.44 bits per heavy atom. The SMILES string of the molecule is NS(=O)(=O)C1CNC2=C1CC=C1C=CC=C12. The van der Waals surface area contributed by atoms with Crippen LogP contribution in [-0.4, -0.2) is 20.2 Å². The summed E-state index contributed by atoms with van der Waals surface area (Å²) >= 11 is 0. The number of nitrogens with two attached hydrogens (primary N) is 1. The van der Waals surface area contributed by atoms with Gasteiger partial charge in [0.1, 0.15) is 5.25 Å². The van der Waals surface area contributed by atoms with Crippen LogP contribution in [0.25, 0.3) is 0 Å². The highest BCUT2D eigenvalue weighted by atomic mass is 32.2. The van der Waals surface area contributed by atoms with Crippen LogP contribution in [0.3, 0.4) is 0 Å². The average molecular weight is 236 g/mol. The van der Waals surface area contributed by atoms with Crippen molar-refractivity contribution in [3.05, 3.63) is 46.7 Å². The molecular weight excluding hydrogens is 224 g/mol. The quantitative estimate of drug-likeness (QED) is 0.689. The second-order valence-electron chi connectivity index (χ2n) is 4.16. The molecule has 1 unspecified atom stereocenters. The van der Waals surface area contributed by atoms with Crippen LogP contribution < -0.4 is 10.5 Å². The molecule has 0 bridgehead atoms. The van der Waals surface area contributed by atoms with Gasteiger partial charge < -0.3 is 5.32 Å². The van der Waals surface area contributed by atoms with Gasteiger partial charge in [-0.05, 0) is 17.6 Å². The molecule has 5 heteroatoms. The molecule has 0 amide bonds. The van der Waals surface area contributed by atoms with Crippen LogP contribution in [0.1, 0.15) is 6.42 Å². The lowest BCUT2D eigenvalue weighted by Crippen LogP contribution is -2.32. The summed E-state index contributed by atoms with van der Waals surface area (Å²) in [5.74, 6) is 0. The van der Waals surface area contributed by atoms with Gasteiger partial charge in [-0.1, -0.05) is 24.3 Å². The number of allylic oxidation sites excluding steroid dienone is 5. The van der Waals surface area contributed by atoms with Crippen LogP contribution in [0.2, 0.25) is 0 Å². The van der Waals surface area contributed by atoms with Gasteiger partial charge >= 0.3 is 0 Å². The maximum absolute atomic E-state index is 11.4. The van der Waals surface area contributed by atoms with Crippen LogP contribution >= 0.6 is 0 Å². The molecule has 0 saturated carbocycles. The largest absolute Gasteiger partial charge is 0.383 e. The number of fused-ring (bicyclic) bond motifs is 2. The molecule has 0 spiro atoms. The van der Waals surface area contributed by atoms with E-state index in [9.17, 15) is 8.42 Å². The first-order valence-corrected chi connectivity index (χ1v) is 6.76. The predicted molar refractivity (Wildman–Crippen MR) is 61.8 cm³/mol. The fourth-order valence-corrected chi connectivity index (χ4v) is 3.39. The third-order valence-electron chi connectivity index (χ3n) is 3.23. The van der Waals surface area contributed by atoms with Gasteiger partial charge in [0.2, 0.25) is 10.0 Å². The van der Waals surface area contributed by atoms with Gasteiger partial charge in [0.05, 0.1) is 0 Å². The summed E-state index contributed by atoms with van der Waals surface area (Å²) in [5, 5.41) is 7.82. The van der Waals surface area contributed by atoms with Crippen molar-refractivity contribution in [3.8, 4) is 0 Å². The predicted octanol–water partition coefficient (Wildman–Crippen LogP) is 0.327. The zero-order valence-electron chi connectivity index (χ0n) is 8.60. The Bertz CT molecular complexity index is 579. The Morgan fingerprint density at radius 2 is 2.25 bits per heavy atom. The fourth-order valence-electron chi connectivity index (χ4n) is 2.47. The minimum Gasteiger partial charge on any atom is -0.383 e. The highest BCUT2D eigenvalue weighted by Crippen LogP contribution is 2.37. The molecule has 16 heavy (non-hydrogen) atoms. The van der Waals surface area contributed by atoms with E-state index in [4.69, 9.17) is 5.14 Å². The first-order chi connectivity index (χ1) is 7.57. The van der Waals surface area contributed by atoms with E-state index in [-0.39, 0.29) is 0 Å². The van der Waals surface area contributed by atoms with E-state index in [0.29, 0.717) is 13.0 Å². The number of nitrogens with one attached hydrogen (secondary N) is 1. The average Bonchev–Trinajstić information content (AvgIpc) is 2.81. The molecule has 2 aliphatic carbocycles. The Morgan fingerprint density at radius 3 is 3.00 bits per heavy atom. The van der Waals surface area contributed by atoms with E-state index in [0.717, 1.165) is 16.8 Å². The van der Waals surface area contributed by atoms with Crippen molar-refractivity contribution in [2.24, 2.45) is 5.14 Å². The van der Waals surface area contributed by atoms with E-state index in [2.05, 4.69) is 11.4 Å². The lowest BCUT2D eigenvalue weighted by atomic mass is 9.94. The molecule has 3 rings (SSSR count). The molecule has 0 aromatic rings. The maximum atomic E-state index is 11.4. The molecule has 1 atom stereocenters. The smallest absolute Gasteiger partial charge is 0.217 e. The van der Waals surface area contributed by atoms with Gasteiger partial charge in [-0.15, -0.1) is 0 Å². The lowest BCUT2D eigenvalue weighted by molar-refractivity contribution is 0.588. The van der Waals surface area contributed by atoms with Crippen molar-refractivity contribution in [2.45, 2.75) is 11.7 Å². The molecule has 3 N–H and O–H groups in total. The number of hydrogen-bond donors (Lipinski definition) is 2. The summed E-state index contributed by atoms with van der Waals surface area (Å²) in [7, 11) is -3.50. The monoisotopic (exact) mass is 236 g/mol. The standard InChI is InChI=1S/C11H12N2O2S/c12-16(14,15)10-6-13-11-8-3-1-2-7(8)4-5-9(10)11/h1-4,10,13H,5-6H2,(H2,12,14,15). The normalized spacial score (nSPS) is 27.2. The Labute approximate surface area is 94.3 Å². The van der Waals surface area contributed by atoms with Crippen molar-refractivity contribution in [2.75, 3.05) is 6.54 Å². The fraction of sp³-hybridized carbons (Fsp3) is 0.273. The molecule has 1 heterocycles. The van der Waals surface area contributed by atoms with E-state index in [1.165, 1.54) is 5.57 Å². The summed E-state index contributed by atoms with van der Waals surface area (Å²) in [4.78, 5) is 0. The van der Waals surface area contributed by atoms with Crippen molar-refractivity contribution in [1.82, 2.24) is 5.32 Å². The van der Waals surface area contributed by atoms with Crippen molar-refractivity contribution in [3.63, 3.8) is 0 Å². The second-order valence-corrected chi connectivity index (χ2v) is 5.91. The maximum Gasteiger partial charge on any atom is 0.217 e. The summed E-state index contributed by atoms with van der Waals surface area (Å²) in [5.41, 5.74) is 4.12.